The van der Waals surface area contributed by atoms with Gasteiger partial charge >= 0.3 is 16.5 Å². The minimum Gasteiger partial charge on any atom is -0.506 e. The number of azo groups is 2. The van der Waals surface area contributed by atoms with Crippen LogP contribution in [-0.2, 0) is 76.6 Å². The first-order chi connectivity index (χ1) is 31.0. The van der Waals surface area contributed by atoms with Gasteiger partial charge in [0.25, 0.3) is 36.3 Å². The second-order valence-electron chi connectivity index (χ2n) is 13.4. The van der Waals surface area contributed by atoms with Gasteiger partial charge in [-0.1, -0.05) is 0 Å². The fourth-order valence-corrected chi connectivity index (χ4v) is 9.20. The van der Waals surface area contributed by atoms with E-state index in [9.17, 15) is 75.1 Å². The molecule has 36 heteroatoms. The van der Waals surface area contributed by atoms with Crippen LogP contribution in [0, 0.1) is 6.08 Å². The molecule has 29 nitrogen and oxygen atoms in total. The third-order valence-corrected chi connectivity index (χ3v) is 13.5. The third-order valence-electron chi connectivity index (χ3n) is 8.75. The van der Waals surface area contributed by atoms with Crippen LogP contribution in [0.2, 0.25) is 0 Å². The third kappa shape index (κ3) is 12.9. The Morgan fingerprint density at radius 2 is 1.46 bits per heavy atom. The van der Waals surface area contributed by atoms with Gasteiger partial charge in [-0.2, -0.15) is 53.0 Å². The molecule has 1 aliphatic heterocycles. The number of hydrogen-bond donors (Lipinski definition) is 8. The number of rotatable bonds is 17. The van der Waals surface area contributed by atoms with Crippen LogP contribution in [0.25, 0.3) is 10.8 Å². The molecular weight excluding hydrogens is 1070 g/mol. The molecular formula is C32H29CuFN10O19S5. The molecule has 1 aromatic heterocycles. The Balaban J connectivity index is 0.00000864. The number of amides is 1. The fraction of sp³-hybridized carbons (Fsp3) is 0.188. The summed E-state index contributed by atoms with van der Waals surface area (Å²) < 4.78 is 184. The van der Waals surface area contributed by atoms with E-state index < -0.39 is 165 Å². The molecule has 5 aromatic rings. The normalized spacial score (nSPS) is 13.5. The number of anilines is 4. The average Bonchev–Trinajstić information content (AvgIpc) is 3.19. The van der Waals surface area contributed by atoms with Gasteiger partial charge in [-0.15, -0.1) is 20.5 Å². The van der Waals surface area contributed by atoms with Gasteiger partial charge in [0.05, 0.1) is 34.4 Å². The SMILES string of the molecule is CN(CCS(=O)(=O)CCOS(=O)(=O)O)c1nc(F)nc(Nc2ccc3c(O)c(N=Nc4cc5c(cc4N=Nc4cc(S(=O)(=O)O)ccc4O)NC(=O)CO5)c(S(=O)(=O)O)cc3c2S(=O)(=O)O)n1.[Cu]. The van der Waals surface area contributed by atoms with Gasteiger partial charge in [0, 0.05) is 47.5 Å². The second kappa shape index (κ2) is 19.8. The number of aromatic nitrogens is 3. The van der Waals surface area contributed by atoms with Crippen molar-refractivity contribution in [2.75, 3.05) is 53.8 Å². The summed E-state index contributed by atoms with van der Waals surface area (Å²) in [5.74, 6) is -5.38. The smallest absolute Gasteiger partial charge is 0.397 e. The van der Waals surface area contributed by atoms with Crippen LogP contribution in [0.3, 0.4) is 0 Å². The summed E-state index contributed by atoms with van der Waals surface area (Å²) in [4.78, 5) is 20.5. The van der Waals surface area contributed by atoms with Crippen molar-refractivity contribution in [1.29, 1.82) is 0 Å². The molecule has 8 N–H and O–H groups in total. The van der Waals surface area contributed by atoms with Crippen LogP contribution in [0.15, 0.2) is 83.7 Å². The largest absolute Gasteiger partial charge is 0.506 e. The molecule has 0 atom stereocenters. The van der Waals surface area contributed by atoms with Crippen LogP contribution in [0.5, 0.6) is 17.2 Å². The number of benzene rings is 4. The Hall–Kier alpha value is -6.18. The average molecular weight is 1100 g/mol. The van der Waals surface area contributed by atoms with Crippen LogP contribution in [0.1, 0.15) is 0 Å². The summed E-state index contributed by atoms with van der Waals surface area (Å²) in [6.07, 6.45) is -1.51. The first-order valence-electron chi connectivity index (χ1n) is 17.7. The number of phenolic OH excluding ortho intramolecular Hbond substituents is 2. The predicted octanol–water partition coefficient (Wildman–Crippen LogP) is 2.89. The van der Waals surface area contributed by atoms with Crippen LogP contribution in [0.4, 0.5) is 50.4 Å². The van der Waals surface area contributed by atoms with Crippen LogP contribution >= 0.6 is 0 Å². The molecule has 2 heterocycles. The molecule has 0 bridgehead atoms. The van der Waals surface area contributed by atoms with Gasteiger partial charge < -0.3 is 30.5 Å². The summed E-state index contributed by atoms with van der Waals surface area (Å²) in [7, 11) is -23.6. The molecule has 1 radical (unpaired) electrons. The molecule has 1 aliphatic rings. The van der Waals surface area contributed by atoms with Crippen molar-refractivity contribution >= 4 is 113 Å². The molecule has 0 spiro atoms. The van der Waals surface area contributed by atoms with E-state index >= 15 is 0 Å². The van der Waals surface area contributed by atoms with E-state index in [1.165, 1.54) is 7.05 Å². The van der Waals surface area contributed by atoms with E-state index in [0.717, 1.165) is 47.4 Å². The molecule has 0 saturated heterocycles. The van der Waals surface area contributed by atoms with E-state index in [1.807, 2.05) is 0 Å². The van der Waals surface area contributed by atoms with Crippen molar-refractivity contribution in [1.82, 2.24) is 15.0 Å². The number of ether oxygens (including phenoxy) is 1. The zero-order valence-electron chi connectivity index (χ0n) is 33.4. The number of carbonyl (C=O) groups excluding carboxylic acids is 1. The Bertz CT molecular complexity index is 3520. The predicted molar refractivity (Wildman–Crippen MR) is 225 cm³/mol. The number of phenols is 2. The van der Waals surface area contributed by atoms with Crippen molar-refractivity contribution < 1.29 is 106 Å². The molecule has 6 rings (SSSR count). The number of halogens is 1. The van der Waals surface area contributed by atoms with Gasteiger partial charge in [0.2, 0.25) is 11.9 Å². The van der Waals surface area contributed by atoms with E-state index in [4.69, 9.17) is 9.29 Å². The van der Waals surface area contributed by atoms with E-state index in [0.29, 0.717) is 6.07 Å². The summed E-state index contributed by atoms with van der Waals surface area (Å²) in [5, 5.41) is 40.3. The van der Waals surface area contributed by atoms with Gasteiger partial charge in [-0.25, -0.2) is 12.6 Å². The number of carbonyl (C=O) groups is 1. The molecule has 4 aromatic carbocycles. The zero-order chi connectivity index (χ0) is 49.4. The van der Waals surface area contributed by atoms with E-state index in [1.54, 1.807) is 0 Å². The molecule has 0 aliphatic carbocycles. The maximum atomic E-state index is 14.7. The summed E-state index contributed by atoms with van der Waals surface area (Å²) in [6, 6.07) is 6.92. The van der Waals surface area contributed by atoms with E-state index in [-0.39, 0.29) is 34.2 Å². The Morgan fingerprint density at radius 1 is 0.794 bits per heavy atom. The van der Waals surface area contributed by atoms with Crippen LogP contribution < -0.4 is 20.3 Å². The van der Waals surface area contributed by atoms with E-state index in [2.05, 4.69) is 50.2 Å². The van der Waals surface area contributed by atoms with Crippen molar-refractivity contribution in [3.63, 3.8) is 0 Å². The topological polar surface area (TPSA) is 443 Å². The van der Waals surface area contributed by atoms with Gasteiger partial charge in [0.15, 0.2) is 22.2 Å². The van der Waals surface area contributed by atoms with Crippen molar-refractivity contribution in [2.24, 2.45) is 20.5 Å². The molecule has 68 heavy (non-hydrogen) atoms. The van der Waals surface area contributed by atoms with Gasteiger partial charge in [-0.3, -0.25) is 23.0 Å². The number of sulfone groups is 1. The van der Waals surface area contributed by atoms with Gasteiger partial charge in [-0.05, 0) is 42.5 Å². The summed E-state index contributed by atoms with van der Waals surface area (Å²) in [6.45, 7) is -1.86. The molecule has 369 valence electrons. The van der Waals surface area contributed by atoms with Crippen molar-refractivity contribution in [2.45, 2.75) is 14.7 Å². The quantitative estimate of drug-likeness (QED) is 0.0377. The summed E-state index contributed by atoms with van der Waals surface area (Å²) in [5.41, 5.74) is -3.04. The number of fused-ring (bicyclic) bond motifs is 2. The summed E-state index contributed by atoms with van der Waals surface area (Å²) >= 11 is 0. The number of nitrogens with zero attached hydrogens (tertiary/aromatic N) is 8. The van der Waals surface area contributed by atoms with Gasteiger partial charge in [0.1, 0.15) is 44.0 Å². The van der Waals surface area contributed by atoms with Crippen molar-refractivity contribution in [3.8, 4) is 17.2 Å². The maximum Gasteiger partial charge on any atom is 0.397 e. The molecule has 0 unspecified atom stereocenters. The minimum atomic E-state index is -5.53. The Labute approximate surface area is 392 Å². The maximum absolute atomic E-state index is 14.7. The fourth-order valence-electron chi connectivity index (χ4n) is 5.71. The standard InChI is InChI=1S/C32H29FN10O19S5.Cu/c1-43(6-8-63(47,48)9-7-62-67(58,59)60)32-37-30(33)36-31(38-32)35-18-4-3-16-17(29(18)66(55,56)57)11-25(65(52,53)54)27(28(16)46)42-40-20-13-24-22(34-26(45)14-61-24)12-19(20)39-41-21-10-15(64(49,50)51)2-5-23(21)44;/h2-5,10-13,44,46H,6-9,14H2,1H3,(H,34,45)(H,49,50,51)(H,52,53,54)(H,55,56,57)(H,58,59,60)(H,35,36,37,38);. The first kappa shape index (κ1) is 52.8. The number of nitrogens with one attached hydrogen (secondary N) is 2. The zero-order valence-corrected chi connectivity index (χ0v) is 38.5. The Morgan fingerprint density at radius 3 is 2.10 bits per heavy atom. The number of aromatic hydroxyl groups is 2. The monoisotopic (exact) mass is 1100 g/mol. The van der Waals surface area contributed by atoms with Crippen LogP contribution in [-0.4, -0.2) is 130 Å². The Kier molecular flexibility index (Phi) is 15.4. The second-order valence-corrected chi connectivity index (χ2v) is 21.0. The molecule has 0 saturated carbocycles. The van der Waals surface area contributed by atoms with Crippen molar-refractivity contribution in [3.05, 3.63) is 54.6 Å². The minimum absolute atomic E-state index is 0. The molecule has 1 amide bonds. The first-order valence-corrected chi connectivity index (χ1v) is 25.2. The molecule has 0 fully saturated rings. The number of hydrogen-bond acceptors (Lipinski definition) is 24.